The highest BCUT2D eigenvalue weighted by atomic mass is 79.9. The van der Waals surface area contributed by atoms with Gasteiger partial charge in [0.1, 0.15) is 0 Å². The van der Waals surface area contributed by atoms with Gasteiger partial charge >= 0.3 is 0 Å². The van der Waals surface area contributed by atoms with E-state index in [9.17, 15) is 0 Å². The molecule has 112 valence electrons. The molecule has 1 aliphatic heterocycles. The summed E-state index contributed by atoms with van der Waals surface area (Å²) in [6, 6.07) is 7.76. The van der Waals surface area contributed by atoms with Crippen molar-refractivity contribution in [2.45, 2.75) is 53.1 Å². The Kier molecular flexibility index (Phi) is 4.80. The number of rotatable bonds is 2. The number of benzene rings is 1. The molecule has 1 N–H and O–H groups in total. The zero-order valence-electron chi connectivity index (χ0n) is 13.3. The molecule has 0 radical (unpaired) electrons. The molecule has 2 rings (SSSR count). The van der Waals surface area contributed by atoms with Gasteiger partial charge < -0.3 is 10.2 Å². The molecule has 1 aliphatic rings. The lowest BCUT2D eigenvalue weighted by Crippen LogP contribution is -2.60. The van der Waals surface area contributed by atoms with Crippen molar-refractivity contribution < 1.29 is 0 Å². The molecule has 0 bridgehead atoms. The summed E-state index contributed by atoms with van der Waals surface area (Å²) in [6.07, 6.45) is 1.18. The molecule has 1 heterocycles. The summed E-state index contributed by atoms with van der Waals surface area (Å²) in [5.74, 6) is 0. The van der Waals surface area contributed by atoms with Crippen LogP contribution in [0.3, 0.4) is 0 Å². The van der Waals surface area contributed by atoms with Crippen LogP contribution in [-0.2, 0) is 0 Å². The summed E-state index contributed by atoms with van der Waals surface area (Å²) in [5.41, 5.74) is 3.03. The third-order valence-electron chi connectivity index (χ3n) is 4.40. The van der Waals surface area contributed by atoms with Gasteiger partial charge in [-0.05, 0) is 42.5 Å². The molecule has 2 atom stereocenters. The van der Waals surface area contributed by atoms with Gasteiger partial charge in [-0.25, -0.2) is 0 Å². The van der Waals surface area contributed by atoms with Gasteiger partial charge in [-0.15, -0.1) is 0 Å². The minimum atomic E-state index is 0.292. The van der Waals surface area contributed by atoms with E-state index in [0.29, 0.717) is 17.5 Å². The summed E-state index contributed by atoms with van der Waals surface area (Å²) >= 11 is 3.57. The van der Waals surface area contributed by atoms with E-state index in [1.54, 1.807) is 0 Å². The van der Waals surface area contributed by atoms with Crippen molar-refractivity contribution in [3.05, 3.63) is 28.2 Å². The van der Waals surface area contributed by atoms with E-state index in [-0.39, 0.29) is 0 Å². The first-order valence-electron chi connectivity index (χ1n) is 7.59. The van der Waals surface area contributed by atoms with E-state index < -0.39 is 0 Å². The molecule has 0 aromatic heterocycles. The Morgan fingerprint density at radius 3 is 2.60 bits per heavy atom. The summed E-state index contributed by atoms with van der Waals surface area (Å²) in [5, 5.41) is 3.74. The molecule has 3 heteroatoms. The number of anilines is 1. The van der Waals surface area contributed by atoms with Crippen LogP contribution in [0.4, 0.5) is 5.69 Å². The fraction of sp³-hybridized carbons (Fsp3) is 0.647. The second-order valence-electron chi connectivity index (χ2n) is 6.97. The Bertz CT molecular complexity index is 465. The van der Waals surface area contributed by atoms with E-state index in [2.05, 4.69) is 79.0 Å². The van der Waals surface area contributed by atoms with Crippen LogP contribution in [0.15, 0.2) is 22.7 Å². The highest BCUT2D eigenvalue weighted by Gasteiger charge is 2.33. The fourth-order valence-electron chi connectivity index (χ4n) is 2.98. The number of hydrogen-bond donors (Lipinski definition) is 1. The van der Waals surface area contributed by atoms with Crippen molar-refractivity contribution in [3.63, 3.8) is 0 Å². The Morgan fingerprint density at radius 2 is 2.05 bits per heavy atom. The smallest absolute Gasteiger partial charge is 0.0412 e. The van der Waals surface area contributed by atoms with Crippen LogP contribution in [-0.4, -0.2) is 25.2 Å². The topological polar surface area (TPSA) is 15.3 Å². The largest absolute Gasteiger partial charge is 0.365 e. The van der Waals surface area contributed by atoms with Crippen molar-refractivity contribution in [1.29, 1.82) is 0 Å². The number of hydrogen-bond acceptors (Lipinski definition) is 2. The van der Waals surface area contributed by atoms with Crippen molar-refractivity contribution in [1.82, 2.24) is 5.32 Å². The van der Waals surface area contributed by atoms with E-state index in [1.165, 1.54) is 17.7 Å². The van der Waals surface area contributed by atoms with Gasteiger partial charge in [-0.3, -0.25) is 0 Å². The second kappa shape index (κ2) is 6.07. The van der Waals surface area contributed by atoms with Crippen molar-refractivity contribution in [3.8, 4) is 0 Å². The van der Waals surface area contributed by atoms with Gasteiger partial charge in [-0.1, -0.05) is 43.6 Å². The number of nitrogens with one attached hydrogen (secondary N) is 1. The Balaban J connectivity index is 2.29. The average molecular weight is 339 g/mol. The minimum Gasteiger partial charge on any atom is -0.365 e. The van der Waals surface area contributed by atoms with Gasteiger partial charge in [-0.2, -0.15) is 0 Å². The van der Waals surface area contributed by atoms with E-state index in [0.717, 1.165) is 17.6 Å². The number of nitrogens with zero attached hydrogens (tertiary/aromatic N) is 1. The fourth-order valence-corrected chi connectivity index (χ4v) is 3.46. The first kappa shape index (κ1) is 15.8. The molecule has 2 nitrogen and oxygen atoms in total. The number of aryl methyl sites for hydroxylation is 1. The third kappa shape index (κ3) is 3.37. The maximum atomic E-state index is 3.74. The summed E-state index contributed by atoms with van der Waals surface area (Å²) in [6.45, 7) is 13.6. The van der Waals surface area contributed by atoms with E-state index in [1.807, 2.05) is 0 Å². The van der Waals surface area contributed by atoms with Gasteiger partial charge in [0.2, 0.25) is 0 Å². The highest BCUT2D eigenvalue weighted by molar-refractivity contribution is 9.10. The molecular formula is C17H27BrN2. The molecule has 2 unspecified atom stereocenters. The molecule has 0 saturated carbocycles. The lowest BCUT2D eigenvalue weighted by molar-refractivity contribution is 0.233. The highest BCUT2D eigenvalue weighted by Crippen LogP contribution is 2.31. The Labute approximate surface area is 132 Å². The van der Waals surface area contributed by atoms with Crippen LogP contribution in [0.25, 0.3) is 0 Å². The summed E-state index contributed by atoms with van der Waals surface area (Å²) in [4.78, 5) is 2.61. The normalized spacial score (nSPS) is 24.0. The quantitative estimate of drug-likeness (QED) is 0.861. The predicted molar refractivity (Wildman–Crippen MR) is 91.5 cm³/mol. The lowest BCUT2D eigenvalue weighted by Gasteiger charge is -2.46. The summed E-state index contributed by atoms with van der Waals surface area (Å²) in [7, 11) is 0. The van der Waals surface area contributed by atoms with Gasteiger partial charge in [0.05, 0.1) is 0 Å². The molecular weight excluding hydrogens is 312 g/mol. The van der Waals surface area contributed by atoms with Crippen molar-refractivity contribution in [2.75, 3.05) is 18.0 Å². The molecule has 0 spiro atoms. The molecule has 1 saturated heterocycles. The van der Waals surface area contributed by atoms with Crippen LogP contribution in [0, 0.1) is 12.3 Å². The predicted octanol–water partition coefficient (Wildman–Crippen LogP) is 4.36. The van der Waals surface area contributed by atoms with Crippen LogP contribution in [0.5, 0.6) is 0 Å². The Hall–Kier alpha value is -0.540. The van der Waals surface area contributed by atoms with Gasteiger partial charge in [0.15, 0.2) is 0 Å². The monoisotopic (exact) mass is 338 g/mol. The van der Waals surface area contributed by atoms with Crippen molar-refractivity contribution in [2.24, 2.45) is 5.41 Å². The maximum Gasteiger partial charge on any atom is 0.0412 e. The maximum absolute atomic E-state index is 3.74. The lowest BCUT2D eigenvalue weighted by atomic mass is 9.84. The van der Waals surface area contributed by atoms with Crippen LogP contribution >= 0.6 is 15.9 Å². The standard InChI is InChI=1S/C17H27BrN2/c1-6-14-10-19-16(17(3,4)5)11-20(14)15-8-7-13(18)9-12(15)2/h7-9,14,16,19H,6,10-11H2,1-5H3. The molecule has 0 aliphatic carbocycles. The molecule has 1 fully saturated rings. The minimum absolute atomic E-state index is 0.292. The molecule has 20 heavy (non-hydrogen) atoms. The zero-order valence-corrected chi connectivity index (χ0v) is 14.9. The first-order valence-corrected chi connectivity index (χ1v) is 8.38. The van der Waals surface area contributed by atoms with E-state index in [4.69, 9.17) is 0 Å². The molecule has 1 aromatic carbocycles. The molecule has 1 aromatic rings. The zero-order chi connectivity index (χ0) is 14.9. The van der Waals surface area contributed by atoms with Crippen LogP contribution in [0.1, 0.15) is 39.7 Å². The van der Waals surface area contributed by atoms with E-state index >= 15 is 0 Å². The third-order valence-corrected chi connectivity index (χ3v) is 4.90. The SMILES string of the molecule is CCC1CNC(C(C)(C)C)CN1c1ccc(Br)cc1C. The van der Waals surface area contributed by atoms with Gasteiger partial charge in [0, 0.05) is 35.3 Å². The second-order valence-corrected chi connectivity index (χ2v) is 7.89. The van der Waals surface area contributed by atoms with Crippen LogP contribution < -0.4 is 10.2 Å². The average Bonchev–Trinajstić information content (AvgIpc) is 2.37. The summed E-state index contributed by atoms with van der Waals surface area (Å²) < 4.78 is 1.16. The van der Waals surface area contributed by atoms with Crippen LogP contribution in [0.2, 0.25) is 0 Å². The Morgan fingerprint density at radius 1 is 1.35 bits per heavy atom. The molecule has 0 amide bonds. The number of piperazine rings is 1. The number of halogens is 1. The first-order chi connectivity index (χ1) is 9.32. The van der Waals surface area contributed by atoms with Crippen molar-refractivity contribution >= 4 is 21.6 Å². The van der Waals surface area contributed by atoms with Gasteiger partial charge in [0.25, 0.3) is 0 Å².